The van der Waals surface area contributed by atoms with E-state index in [1.54, 1.807) is 0 Å². The van der Waals surface area contributed by atoms with Gasteiger partial charge in [-0.15, -0.1) is 0 Å². The van der Waals surface area contributed by atoms with Crippen LogP contribution in [0.25, 0.3) is 0 Å². The van der Waals surface area contributed by atoms with Crippen LogP contribution in [0.3, 0.4) is 0 Å². The van der Waals surface area contributed by atoms with Crippen LogP contribution in [0, 0.1) is 0 Å². The van der Waals surface area contributed by atoms with Gasteiger partial charge in [0, 0.05) is 31.2 Å². The van der Waals surface area contributed by atoms with Gasteiger partial charge in [-0.25, -0.2) is 0 Å². The summed E-state index contributed by atoms with van der Waals surface area (Å²) in [5, 5.41) is 3.55. The first-order valence-corrected chi connectivity index (χ1v) is 7.75. The van der Waals surface area contributed by atoms with Gasteiger partial charge < -0.3 is 10.2 Å². The summed E-state index contributed by atoms with van der Waals surface area (Å²) in [4.78, 5) is 2.71. The molecule has 1 spiro atoms. The standard InChI is InChI=1S/C15H30N2/c1-3-4-5-6-7-8-14(2)17-11-9-15(10-12-17)13-16-15/h14,16H,3-13H2,1-2H3. The molecule has 0 aromatic rings. The van der Waals surface area contributed by atoms with Crippen LogP contribution >= 0.6 is 0 Å². The highest BCUT2D eigenvalue weighted by Crippen LogP contribution is 2.31. The Balaban J connectivity index is 1.55. The molecule has 100 valence electrons. The van der Waals surface area contributed by atoms with Gasteiger partial charge in [-0.2, -0.15) is 0 Å². The molecule has 1 unspecified atom stereocenters. The Kier molecular flexibility index (Phi) is 4.87. The number of nitrogens with zero attached hydrogens (tertiary/aromatic N) is 1. The molecular formula is C15H30N2. The lowest BCUT2D eigenvalue weighted by Crippen LogP contribution is -2.43. The fourth-order valence-electron chi connectivity index (χ4n) is 3.10. The van der Waals surface area contributed by atoms with Crippen molar-refractivity contribution in [1.82, 2.24) is 10.2 Å². The van der Waals surface area contributed by atoms with Crippen LogP contribution in [0.1, 0.15) is 65.2 Å². The van der Waals surface area contributed by atoms with Crippen molar-refractivity contribution in [2.24, 2.45) is 0 Å². The van der Waals surface area contributed by atoms with Crippen LogP contribution in [-0.2, 0) is 0 Å². The monoisotopic (exact) mass is 238 g/mol. The maximum Gasteiger partial charge on any atom is 0.0331 e. The van der Waals surface area contributed by atoms with Gasteiger partial charge in [0.05, 0.1) is 0 Å². The van der Waals surface area contributed by atoms with Gasteiger partial charge in [-0.05, 0) is 26.2 Å². The lowest BCUT2D eigenvalue weighted by Gasteiger charge is -2.35. The zero-order valence-electron chi connectivity index (χ0n) is 11.8. The van der Waals surface area contributed by atoms with Crippen molar-refractivity contribution in [3.8, 4) is 0 Å². The van der Waals surface area contributed by atoms with Crippen molar-refractivity contribution in [3.05, 3.63) is 0 Å². The molecule has 2 fully saturated rings. The first-order valence-electron chi connectivity index (χ1n) is 7.75. The van der Waals surface area contributed by atoms with Gasteiger partial charge in [-0.1, -0.05) is 39.0 Å². The molecule has 2 heterocycles. The molecule has 2 aliphatic heterocycles. The van der Waals surface area contributed by atoms with Crippen molar-refractivity contribution >= 4 is 0 Å². The summed E-state index contributed by atoms with van der Waals surface area (Å²) < 4.78 is 0. The quantitative estimate of drug-likeness (QED) is 0.544. The van der Waals surface area contributed by atoms with E-state index in [4.69, 9.17) is 0 Å². The second kappa shape index (κ2) is 6.19. The van der Waals surface area contributed by atoms with Gasteiger partial charge >= 0.3 is 0 Å². The predicted octanol–water partition coefficient (Wildman–Crippen LogP) is 3.17. The second-order valence-electron chi connectivity index (χ2n) is 6.22. The Bertz CT molecular complexity index is 213. The fraction of sp³-hybridized carbons (Fsp3) is 1.00. The normalized spacial score (nSPS) is 25.1. The minimum atomic E-state index is 0.595. The van der Waals surface area contributed by atoms with Crippen LogP contribution < -0.4 is 5.32 Å². The molecule has 2 nitrogen and oxygen atoms in total. The largest absolute Gasteiger partial charge is 0.308 e. The average molecular weight is 238 g/mol. The SMILES string of the molecule is CCCCCCCC(C)N1CCC2(CC1)CN2. The van der Waals surface area contributed by atoms with Crippen molar-refractivity contribution in [1.29, 1.82) is 0 Å². The fourth-order valence-corrected chi connectivity index (χ4v) is 3.10. The minimum absolute atomic E-state index is 0.595. The van der Waals surface area contributed by atoms with Crippen LogP contribution in [0.2, 0.25) is 0 Å². The maximum absolute atomic E-state index is 3.55. The van der Waals surface area contributed by atoms with E-state index in [9.17, 15) is 0 Å². The van der Waals surface area contributed by atoms with E-state index in [0.29, 0.717) is 5.54 Å². The number of hydrogen-bond donors (Lipinski definition) is 1. The van der Waals surface area contributed by atoms with Crippen molar-refractivity contribution in [2.45, 2.75) is 76.8 Å². The van der Waals surface area contributed by atoms with E-state index in [0.717, 1.165) is 6.04 Å². The number of likely N-dealkylation sites (tertiary alicyclic amines) is 1. The van der Waals surface area contributed by atoms with Gasteiger partial charge in [-0.3, -0.25) is 0 Å². The number of piperidine rings is 1. The minimum Gasteiger partial charge on any atom is -0.308 e. The average Bonchev–Trinajstić information content (AvgIpc) is 3.09. The predicted molar refractivity (Wildman–Crippen MR) is 74.4 cm³/mol. The highest BCUT2D eigenvalue weighted by molar-refractivity contribution is 5.06. The molecular weight excluding hydrogens is 208 g/mol. The van der Waals surface area contributed by atoms with Gasteiger partial charge in [0.1, 0.15) is 0 Å². The Morgan fingerprint density at radius 1 is 1.12 bits per heavy atom. The van der Waals surface area contributed by atoms with Gasteiger partial charge in [0.25, 0.3) is 0 Å². The molecule has 0 radical (unpaired) electrons. The Hall–Kier alpha value is -0.0800. The van der Waals surface area contributed by atoms with E-state index in [-0.39, 0.29) is 0 Å². The van der Waals surface area contributed by atoms with Crippen molar-refractivity contribution < 1.29 is 0 Å². The zero-order chi connectivity index (χ0) is 12.1. The van der Waals surface area contributed by atoms with Crippen LogP contribution in [0.5, 0.6) is 0 Å². The van der Waals surface area contributed by atoms with Crippen LogP contribution in [0.4, 0.5) is 0 Å². The summed E-state index contributed by atoms with van der Waals surface area (Å²) in [6.45, 7) is 8.65. The molecule has 17 heavy (non-hydrogen) atoms. The molecule has 0 saturated carbocycles. The molecule has 0 aliphatic carbocycles. The molecule has 0 aromatic carbocycles. The van der Waals surface area contributed by atoms with E-state index >= 15 is 0 Å². The number of unbranched alkanes of at least 4 members (excludes halogenated alkanes) is 4. The highest BCUT2D eigenvalue weighted by Gasteiger charge is 2.44. The first kappa shape index (κ1) is 13.4. The Labute approximate surface area is 107 Å². The smallest absolute Gasteiger partial charge is 0.0331 e. The van der Waals surface area contributed by atoms with Crippen LogP contribution in [-0.4, -0.2) is 36.1 Å². The lowest BCUT2D eigenvalue weighted by atomic mass is 9.95. The van der Waals surface area contributed by atoms with E-state index in [2.05, 4.69) is 24.1 Å². The molecule has 0 amide bonds. The first-order chi connectivity index (χ1) is 8.26. The third kappa shape index (κ3) is 3.96. The number of nitrogens with one attached hydrogen (secondary N) is 1. The molecule has 2 saturated heterocycles. The number of hydrogen-bond acceptors (Lipinski definition) is 2. The molecule has 1 atom stereocenters. The third-order valence-electron chi connectivity index (χ3n) is 4.78. The van der Waals surface area contributed by atoms with Crippen molar-refractivity contribution in [2.75, 3.05) is 19.6 Å². The molecule has 0 aromatic heterocycles. The summed E-state index contributed by atoms with van der Waals surface area (Å²) in [5.41, 5.74) is 0.595. The van der Waals surface area contributed by atoms with E-state index in [1.807, 2.05) is 0 Å². The molecule has 0 bridgehead atoms. The second-order valence-corrected chi connectivity index (χ2v) is 6.22. The summed E-state index contributed by atoms with van der Waals surface area (Å²) in [6, 6.07) is 0.813. The van der Waals surface area contributed by atoms with Gasteiger partial charge in [0.15, 0.2) is 0 Å². The third-order valence-corrected chi connectivity index (χ3v) is 4.78. The molecule has 2 aliphatic rings. The highest BCUT2D eigenvalue weighted by atomic mass is 15.2. The van der Waals surface area contributed by atoms with Gasteiger partial charge in [0.2, 0.25) is 0 Å². The lowest BCUT2D eigenvalue weighted by molar-refractivity contribution is 0.146. The van der Waals surface area contributed by atoms with E-state index < -0.39 is 0 Å². The maximum atomic E-state index is 3.55. The summed E-state index contributed by atoms with van der Waals surface area (Å²) in [5.74, 6) is 0. The van der Waals surface area contributed by atoms with Crippen molar-refractivity contribution in [3.63, 3.8) is 0 Å². The molecule has 1 N–H and O–H groups in total. The zero-order valence-corrected chi connectivity index (χ0v) is 11.8. The molecule has 2 heteroatoms. The molecule has 2 rings (SSSR count). The summed E-state index contributed by atoms with van der Waals surface area (Å²) >= 11 is 0. The Morgan fingerprint density at radius 3 is 2.35 bits per heavy atom. The summed E-state index contributed by atoms with van der Waals surface area (Å²) in [6.07, 6.45) is 11.3. The summed E-state index contributed by atoms with van der Waals surface area (Å²) in [7, 11) is 0. The number of rotatable bonds is 7. The van der Waals surface area contributed by atoms with Crippen LogP contribution in [0.15, 0.2) is 0 Å². The van der Waals surface area contributed by atoms with E-state index in [1.165, 1.54) is 71.0 Å². The Morgan fingerprint density at radius 2 is 1.76 bits per heavy atom. The topological polar surface area (TPSA) is 25.2 Å².